The molecule has 0 radical (unpaired) electrons. The summed E-state index contributed by atoms with van der Waals surface area (Å²) in [4.78, 5) is 4.34. The van der Waals surface area contributed by atoms with Crippen LogP contribution < -0.4 is 9.47 Å². The van der Waals surface area contributed by atoms with Gasteiger partial charge >= 0.3 is 0 Å². The molecule has 0 fully saturated rings. The summed E-state index contributed by atoms with van der Waals surface area (Å²) >= 11 is 1.62. The van der Waals surface area contributed by atoms with Crippen LogP contribution in [-0.2, 0) is 12.8 Å². The maximum absolute atomic E-state index is 10.3. The third-order valence-electron chi connectivity index (χ3n) is 5.93. The zero-order valence-corrected chi connectivity index (χ0v) is 18.2. The Bertz CT molecular complexity index is 1010. The average Bonchev–Trinajstić information content (AvgIpc) is 3.23. The lowest BCUT2D eigenvalue weighted by atomic mass is 9.87. The van der Waals surface area contributed by atoms with E-state index < -0.39 is 5.60 Å². The second kappa shape index (κ2) is 7.71. The molecule has 0 aliphatic carbocycles. The molecule has 4 rings (SSSR count). The van der Waals surface area contributed by atoms with Crippen molar-refractivity contribution >= 4 is 11.3 Å². The van der Waals surface area contributed by atoms with Crippen molar-refractivity contribution in [3.05, 3.63) is 68.7 Å². The third-order valence-corrected chi connectivity index (χ3v) is 6.56. The number of fused-ring (bicyclic) bond motifs is 1. The van der Waals surface area contributed by atoms with Crippen molar-refractivity contribution in [3.8, 4) is 17.2 Å². The van der Waals surface area contributed by atoms with Gasteiger partial charge in [0.05, 0.1) is 11.2 Å². The summed E-state index contributed by atoms with van der Waals surface area (Å²) in [5.41, 5.74) is 7.74. The minimum absolute atomic E-state index is 0.391. The number of hydrogen-bond acceptors (Lipinski definition) is 5. The maximum atomic E-state index is 10.3. The standard InChI is InChI=1S/C24H27NO3S/c1-15-16(2)23-21(17(3)22(15)26)9-10-24(4,28-23)13-27-20-7-5-18(6-8-20)11-19-12-29-14-25-19/h5-8,12,14,26H,9-11,13H2,1-4H3. The highest BCUT2D eigenvalue weighted by Gasteiger charge is 2.35. The number of phenols is 1. The number of ether oxygens (including phenoxy) is 2. The van der Waals surface area contributed by atoms with Gasteiger partial charge in [0.2, 0.25) is 0 Å². The number of aromatic hydroxyl groups is 1. The number of hydrogen-bond donors (Lipinski definition) is 1. The van der Waals surface area contributed by atoms with Gasteiger partial charge < -0.3 is 14.6 Å². The first kappa shape index (κ1) is 19.8. The molecular formula is C24H27NO3S. The fourth-order valence-corrected chi connectivity index (χ4v) is 4.43. The van der Waals surface area contributed by atoms with Gasteiger partial charge in [0, 0.05) is 17.4 Å². The highest BCUT2D eigenvalue weighted by Crippen LogP contribution is 2.43. The zero-order valence-electron chi connectivity index (χ0n) is 17.4. The molecule has 0 bridgehead atoms. The predicted molar refractivity (Wildman–Crippen MR) is 117 cm³/mol. The molecule has 29 heavy (non-hydrogen) atoms. The lowest BCUT2D eigenvalue weighted by Crippen LogP contribution is -2.42. The first-order valence-corrected chi connectivity index (χ1v) is 10.9. The lowest BCUT2D eigenvalue weighted by Gasteiger charge is -2.37. The summed E-state index contributed by atoms with van der Waals surface area (Å²) in [6.07, 6.45) is 2.57. The molecule has 152 valence electrons. The quantitative estimate of drug-likeness (QED) is 0.602. The number of phenolic OH excluding ortho intramolecular Hbond substituents is 1. The predicted octanol–water partition coefficient (Wildman–Crippen LogP) is 5.53. The van der Waals surface area contributed by atoms with E-state index in [1.54, 1.807) is 11.3 Å². The number of nitrogens with zero attached hydrogens (tertiary/aromatic N) is 1. The monoisotopic (exact) mass is 409 g/mol. The van der Waals surface area contributed by atoms with Crippen molar-refractivity contribution in [2.75, 3.05) is 6.61 Å². The minimum Gasteiger partial charge on any atom is -0.507 e. The zero-order chi connectivity index (χ0) is 20.6. The highest BCUT2D eigenvalue weighted by molar-refractivity contribution is 7.07. The van der Waals surface area contributed by atoms with Crippen molar-refractivity contribution in [1.29, 1.82) is 0 Å². The van der Waals surface area contributed by atoms with Gasteiger partial charge in [-0.15, -0.1) is 11.3 Å². The summed E-state index contributed by atoms with van der Waals surface area (Å²) in [5.74, 6) is 2.15. The summed E-state index contributed by atoms with van der Waals surface area (Å²) in [6.45, 7) is 8.51. The molecule has 2 aromatic carbocycles. The van der Waals surface area contributed by atoms with Gasteiger partial charge in [-0.2, -0.15) is 0 Å². The smallest absolute Gasteiger partial charge is 0.140 e. The molecule has 0 spiro atoms. The first-order valence-electron chi connectivity index (χ1n) is 9.96. The molecule has 1 aliphatic heterocycles. The Morgan fingerprint density at radius 1 is 1.14 bits per heavy atom. The average molecular weight is 410 g/mol. The molecule has 1 aliphatic rings. The number of benzene rings is 2. The van der Waals surface area contributed by atoms with E-state index in [9.17, 15) is 5.11 Å². The van der Waals surface area contributed by atoms with Crippen molar-refractivity contribution in [2.45, 2.75) is 52.6 Å². The van der Waals surface area contributed by atoms with Gasteiger partial charge in [-0.3, -0.25) is 0 Å². The van der Waals surface area contributed by atoms with E-state index in [4.69, 9.17) is 9.47 Å². The Hall–Kier alpha value is -2.53. The van der Waals surface area contributed by atoms with Crippen molar-refractivity contribution in [1.82, 2.24) is 4.98 Å². The molecule has 0 amide bonds. The second-order valence-electron chi connectivity index (χ2n) is 8.17. The van der Waals surface area contributed by atoms with Crippen LogP contribution in [0.5, 0.6) is 17.2 Å². The van der Waals surface area contributed by atoms with Gasteiger partial charge in [0.15, 0.2) is 0 Å². The van der Waals surface area contributed by atoms with Crippen LogP contribution in [0.15, 0.2) is 35.2 Å². The van der Waals surface area contributed by atoms with Crippen molar-refractivity contribution in [2.24, 2.45) is 0 Å². The summed E-state index contributed by atoms with van der Waals surface area (Å²) in [5, 5.41) is 12.4. The van der Waals surface area contributed by atoms with Crippen LogP contribution in [0.2, 0.25) is 0 Å². The van der Waals surface area contributed by atoms with E-state index in [1.807, 2.05) is 38.4 Å². The Labute approximate surface area is 176 Å². The second-order valence-corrected chi connectivity index (χ2v) is 8.89. The van der Waals surface area contributed by atoms with Crippen LogP contribution in [0.3, 0.4) is 0 Å². The third kappa shape index (κ3) is 3.97. The van der Waals surface area contributed by atoms with E-state index in [0.717, 1.165) is 58.7 Å². The van der Waals surface area contributed by atoms with Crippen LogP contribution >= 0.6 is 11.3 Å². The van der Waals surface area contributed by atoms with Gasteiger partial charge in [-0.25, -0.2) is 4.98 Å². The molecule has 3 aromatic rings. The highest BCUT2D eigenvalue weighted by atomic mass is 32.1. The van der Waals surface area contributed by atoms with Crippen LogP contribution in [0.25, 0.3) is 0 Å². The van der Waals surface area contributed by atoms with Gasteiger partial charge in [0.25, 0.3) is 0 Å². The maximum Gasteiger partial charge on any atom is 0.140 e. The fraction of sp³-hybridized carbons (Fsp3) is 0.375. The number of rotatable bonds is 5. The van der Waals surface area contributed by atoms with E-state index >= 15 is 0 Å². The van der Waals surface area contributed by atoms with Gasteiger partial charge in [-0.1, -0.05) is 12.1 Å². The van der Waals surface area contributed by atoms with Crippen LogP contribution in [0, 0.1) is 20.8 Å². The molecule has 0 saturated carbocycles. The Balaban J connectivity index is 1.44. The molecule has 5 heteroatoms. The van der Waals surface area contributed by atoms with E-state index in [1.165, 1.54) is 5.56 Å². The number of thiazole rings is 1. The summed E-state index contributed by atoms with van der Waals surface area (Å²) in [7, 11) is 0. The molecule has 1 unspecified atom stereocenters. The Kier molecular flexibility index (Phi) is 5.26. The Morgan fingerprint density at radius 2 is 1.90 bits per heavy atom. The van der Waals surface area contributed by atoms with Crippen LogP contribution in [0.1, 0.15) is 46.9 Å². The number of aromatic nitrogens is 1. The SMILES string of the molecule is Cc1c(C)c2c(c(C)c1O)CCC(C)(COc1ccc(Cc3cscn3)cc1)O2. The summed E-state index contributed by atoms with van der Waals surface area (Å²) in [6, 6.07) is 8.21. The van der Waals surface area contributed by atoms with Gasteiger partial charge in [0.1, 0.15) is 29.5 Å². The van der Waals surface area contributed by atoms with E-state index in [0.29, 0.717) is 12.4 Å². The normalized spacial score (nSPS) is 18.2. The minimum atomic E-state index is -0.396. The van der Waals surface area contributed by atoms with Crippen LogP contribution in [-0.4, -0.2) is 22.3 Å². The lowest BCUT2D eigenvalue weighted by molar-refractivity contribution is 0.0166. The van der Waals surface area contributed by atoms with Crippen molar-refractivity contribution in [3.63, 3.8) is 0 Å². The molecule has 1 atom stereocenters. The van der Waals surface area contributed by atoms with E-state index in [2.05, 4.69) is 29.4 Å². The molecule has 2 heterocycles. The van der Waals surface area contributed by atoms with Crippen LogP contribution in [0.4, 0.5) is 0 Å². The first-order chi connectivity index (χ1) is 13.9. The molecule has 1 aromatic heterocycles. The molecule has 0 saturated heterocycles. The fourth-order valence-electron chi connectivity index (χ4n) is 3.87. The summed E-state index contributed by atoms with van der Waals surface area (Å²) < 4.78 is 12.5. The topological polar surface area (TPSA) is 51.6 Å². The molecule has 4 nitrogen and oxygen atoms in total. The Morgan fingerprint density at radius 3 is 2.59 bits per heavy atom. The molecule has 1 N–H and O–H groups in total. The van der Waals surface area contributed by atoms with Crippen molar-refractivity contribution < 1.29 is 14.6 Å². The largest absolute Gasteiger partial charge is 0.507 e. The van der Waals surface area contributed by atoms with Gasteiger partial charge in [-0.05, 0) is 74.9 Å². The molecular weight excluding hydrogens is 382 g/mol. The van der Waals surface area contributed by atoms with E-state index in [-0.39, 0.29) is 0 Å².